The van der Waals surface area contributed by atoms with Gasteiger partial charge in [-0.1, -0.05) is 194 Å². The first-order valence-corrected chi connectivity index (χ1v) is 24.2. The molecule has 0 N–H and O–H groups in total. The highest BCUT2D eigenvalue weighted by Gasteiger charge is 2.27. The molecule has 0 saturated heterocycles. The van der Waals surface area contributed by atoms with Crippen LogP contribution in [0.1, 0.15) is 11.3 Å². The summed E-state index contributed by atoms with van der Waals surface area (Å²) in [5.74, 6) is 1.64. The van der Waals surface area contributed by atoms with Crippen molar-refractivity contribution in [1.29, 1.82) is 0 Å². The molecule has 0 aliphatic heterocycles. The average Bonchev–Trinajstić information content (AvgIpc) is 4.11. The molecule has 14 aromatic rings. The Kier molecular flexibility index (Phi) is 8.59. The van der Waals surface area contributed by atoms with Crippen molar-refractivity contribution in [3.63, 3.8) is 0 Å². The first-order valence-electron chi connectivity index (χ1n) is 24.2. The fourth-order valence-electron chi connectivity index (χ4n) is 11.4. The second-order valence-electron chi connectivity index (χ2n) is 18.3. The van der Waals surface area contributed by atoms with E-state index in [1.165, 1.54) is 22.0 Å². The van der Waals surface area contributed by atoms with E-state index in [9.17, 15) is 0 Å². The van der Waals surface area contributed by atoms with Gasteiger partial charge >= 0.3 is 0 Å². The monoisotopic (exact) mass is 907 g/mol. The highest BCUT2D eigenvalue weighted by atomic mass is 15.3. The molecule has 0 saturated carbocycles. The van der Waals surface area contributed by atoms with Gasteiger partial charge < -0.3 is 9.13 Å². The molecule has 0 bridgehead atoms. The second-order valence-corrected chi connectivity index (χ2v) is 18.3. The third kappa shape index (κ3) is 5.87. The highest BCUT2D eigenvalue weighted by Crippen LogP contribution is 2.44. The van der Waals surface area contributed by atoms with Gasteiger partial charge in [-0.25, -0.2) is 0 Å². The topological polar surface area (TPSA) is 58.4 Å². The lowest BCUT2D eigenvalue weighted by Gasteiger charge is -2.15. The van der Waals surface area contributed by atoms with Crippen LogP contribution in [0.15, 0.2) is 231 Å². The van der Waals surface area contributed by atoms with Gasteiger partial charge in [0.2, 0.25) is 11.9 Å². The third-order valence-electron chi connectivity index (χ3n) is 14.5. The quantitative estimate of drug-likeness (QED) is 0.167. The van der Waals surface area contributed by atoms with Crippen molar-refractivity contribution in [3.05, 3.63) is 242 Å². The zero-order valence-corrected chi connectivity index (χ0v) is 38.4. The molecule has 15 rings (SSSR count). The number of aromatic nitrogens is 7. The van der Waals surface area contributed by atoms with E-state index in [1.54, 1.807) is 0 Å². The standard InChI is InChI=1S/C64H41N7/c1-5-19-41(20-6-1)42-33-35-43(36-34-42)62-65-63(70-56-31-17-14-27-48(56)52-39-37-50-46-25-11-4-12-29-54(46)68(58(50)60(52)70)44-21-7-2-8-22-44)67-64(66-62)71-57-32-18-15-28-49(57)53-40-38-51-47-26-13-16-30-55(47)69(59(51)61(53)71)45-23-9-3-10-24-45/h1-28,30-40H,29H2. The summed E-state index contributed by atoms with van der Waals surface area (Å²) in [7, 11) is 0. The molecule has 5 aromatic heterocycles. The molecule has 7 nitrogen and oxygen atoms in total. The van der Waals surface area contributed by atoms with Gasteiger partial charge in [-0.3, -0.25) is 9.13 Å². The van der Waals surface area contributed by atoms with Gasteiger partial charge in [-0.15, -0.1) is 0 Å². The maximum atomic E-state index is 5.74. The second kappa shape index (κ2) is 15.5. The van der Waals surface area contributed by atoms with Crippen LogP contribution in [0.2, 0.25) is 0 Å². The van der Waals surface area contributed by atoms with Crippen LogP contribution in [0, 0.1) is 0 Å². The van der Waals surface area contributed by atoms with Gasteiger partial charge in [0, 0.05) is 72.3 Å². The van der Waals surface area contributed by atoms with E-state index < -0.39 is 0 Å². The zero-order valence-electron chi connectivity index (χ0n) is 38.4. The molecule has 1 aliphatic rings. The lowest BCUT2D eigenvalue weighted by Crippen LogP contribution is -2.11. The van der Waals surface area contributed by atoms with Gasteiger partial charge in [0.05, 0.1) is 38.6 Å². The molecule has 9 aromatic carbocycles. The lowest BCUT2D eigenvalue weighted by atomic mass is 10.0. The van der Waals surface area contributed by atoms with Crippen LogP contribution >= 0.6 is 0 Å². The molecule has 0 spiro atoms. The Hall–Kier alpha value is -9.59. The molecule has 0 radical (unpaired) electrons. The van der Waals surface area contributed by atoms with E-state index in [0.29, 0.717) is 17.7 Å². The largest absolute Gasteiger partial charge is 0.311 e. The number of rotatable bonds is 6. The molecule has 332 valence electrons. The van der Waals surface area contributed by atoms with Crippen LogP contribution in [-0.4, -0.2) is 33.2 Å². The highest BCUT2D eigenvalue weighted by molar-refractivity contribution is 6.24. The Balaban J connectivity index is 1.10. The van der Waals surface area contributed by atoms with Crippen molar-refractivity contribution in [2.75, 3.05) is 0 Å². The summed E-state index contributed by atoms with van der Waals surface area (Å²) in [6.07, 6.45) is 9.61. The minimum absolute atomic E-state index is 0.529. The van der Waals surface area contributed by atoms with E-state index in [1.807, 2.05) is 0 Å². The van der Waals surface area contributed by atoms with Crippen molar-refractivity contribution in [1.82, 2.24) is 33.2 Å². The third-order valence-corrected chi connectivity index (χ3v) is 14.5. The van der Waals surface area contributed by atoms with Gasteiger partial charge in [-0.05, 0) is 53.6 Å². The van der Waals surface area contributed by atoms with Crippen molar-refractivity contribution >= 4 is 82.4 Å². The van der Waals surface area contributed by atoms with E-state index in [0.717, 1.165) is 100 Å². The summed E-state index contributed by atoms with van der Waals surface area (Å²) < 4.78 is 9.44. The predicted molar refractivity (Wildman–Crippen MR) is 292 cm³/mol. The molecule has 7 heteroatoms. The normalized spacial score (nSPS) is 12.6. The summed E-state index contributed by atoms with van der Waals surface area (Å²) in [6, 6.07) is 75.7. The molecular formula is C64H41N7. The van der Waals surface area contributed by atoms with Crippen LogP contribution in [0.25, 0.3) is 128 Å². The molecule has 5 heterocycles. The minimum Gasteiger partial charge on any atom is -0.311 e. The summed E-state index contributed by atoms with van der Waals surface area (Å²) in [5.41, 5.74) is 15.2. The summed E-state index contributed by atoms with van der Waals surface area (Å²) in [6.45, 7) is 0. The smallest absolute Gasteiger partial charge is 0.240 e. The van der Waals surface area contributed by atoms with E-state index in [2.05, 4.69) is 255 Å². The lowest BCUT2D eigenvalue weighted by molar-refractivity contribution is 0.892. The van der Waals surface area contributed by atoms with E-state index in [-0.39, 0.29) is 0 Å². The molecule has 0 fully saturated rings. The Morgan fingerprint density at radius 2 is 0.732 bits per heavy atom. The number of hydrogen-bond donors (Lipinski definition) is 0. The van der Waals surface area contributed by atoms with Crippen LogP contribution in [0.5, 0.6) is 0 Å². The van der Waals surface area contributed by atoms with Crippen molar-refractivity contribution in [2.24, 2.45) is 0 Å². The SMILES string of the molecule is C1=CCc2c(c3ccc4c5ccccc5n(-c5nc(-c6ccc(-c7ccccc7)cc6)nc(-n6c7ccccc7c7ccc8c9ccccc9n(-c9ccccc9)c8c76)n5)c4c3n2-c2ccccc2)C=C1. The van der Waals surface area contributed by atoms with Crippen molar-refractivity contribution in [2.45, 2.75) is 6.42 Å². The number of nitrogens with zero attached hydrogens (tertiary/aromatic N) is 7. The Bertz CT molecular complexity index is 4510. The van der Waals surface area contributed by atoms with Gasteiger partial charge in [0.15, 0.2) is 5.82 Å². The zero-order chi connectivity index (χ0) is 46.6. The fourth-order valence-corrected chi connectivity index (χ4v) is 11.4. The number of allylic oxidation sites excluding steroid dienone is 3. The maximum Gasteiger partial charge on any atom is 0.240 e. The fraction of sp³-hybridized carbons (Fsp3) is 0.0156. The van der Waals surface area contributed by atoms with Gasteiger partial charge in [-0.2, -0.15) is 15.0 Å². The molecule has 71 heavy (non-hydrogen) atoms. The molecule has 0 atom stereocenters. The van der Waals surface area contributed by atoms with Gasteiger partial charge in [0.25, 0.3) is 0 Å². The van der Waals surface area contributed by atoms with Crippen LogP contribution in [0.3, 0.4) is 0 Å². The van der Waals surface area contributed by atoms with Crippen LogP contribution in [0.4, 0.5) is 0 Å². The Morgan fingerprint density at radius 3 is 1.30 bits per heavy atom. The molecule has 0 amide bonds. The predicted octanol–water partition coefficient (Wildman–Crippen LogP) is 15.6. The van der Waals surface area contributed by atoms with Crippen LogP contribution < -0.4 is 0 Å². The summed E-state index contributed by atoms with van der Waals surface area (Å²) in [4.78, 5) is 16.9. The maximum absolute atomic E-state index is 5.74. The molecular weight excluding hydrogens is 867 g/mol. The van der Waals surface area contributed by atoms with Crippen LogP contribution in [-0.2, 0) is 6.42 Å². The van der Waals surface area contributed by atoms with Crippen molar-refractivity contribution in [3.8, 4) is 45.8 Å². The first kappa shape index (κ1) is 39.4. The average molecular weight is 908 g/mol. The van der Waals surface area contributed by atoms with E-state index >= 15 is 0 Å². The number of para-hydroxylation sites is 5. The Morgan fingerprint density at radius 1 is 0.310 bits per heavy atom. The van der Waals surface area contributed by atoms with Gasteiger partial charge in [0.1, 0.15) is 0 Å². The first-order chi connectivity index (χ1) is 35.3. The summed E-state index contributed by atoms with van der Waals surface area (Å²) in [5, 5.41) is 7.99. The minimum atomic E-state index is 0.529. The summed E-state index contributed by atoms with van der Waals surface area (Å²) >= 11 is 0. The number of hydrogen-bond acceptors (Lipinski definition) is 3. The Labute approximate surface area is 407 Å². The number of fused-ring (bicyclic) bond motifs is 14. The molecule has 0 unspecified atom stereocenters. The number of benzene rings is 9. The molecule has 1 aliphatic carbocycles. The van der Waals surface area contributed by atoms with E-state index in [4.69, 9.17) is 15.0 Å². The van der Waals surface area contributed by atoms with Crippen molar-refractivity contribution < 1.29 is 0 Å².